The van der Waals surface area contributed by atoms with Crippen LogP contribution < -0.4 is 10.6 Å². The van der Waals surface area contributed by atoms with Crippen LogP contribution in [-0.2, 0) is 23.6 Å². The predicted octanol–water partition coefficient (Wildman–Crippen LogP) is 4.68. The van der Waals surface area contributed by atoms with Crippen molar-refractivity contribution in [2.75, 3.05) is 5.32 Å². The second kappa shape index (κ2) is 9.56. The van der Waals surface area contributed by atoms with Crippen molar-refractivity contribution < 1.29 is 31.9 Å². The molecule has 1 aromatic carbocycles. The number of amides is 2. The van der Waals surface area contributed by atoms with Gasteiger partial charge in [-0.05, 0) is 69.2 Å². The Labute approximate surface area is 204 Å². The number of Topliss-reactive ketones (excluding diaryl/α,β-unsaturated/α-hetero) is 1. The zero-order chi connectivity index (χ0) is 27.0. The molecule has 36 heavy (non-hydrogen) atoms. The molecule has 2 N–H and O–H groups in total. The smallest absolute Gasteiger partial charge is 0.343 e. The van der Waals surface area contributed by atoms with Crippen LogP contribution >= 0.6 is 0 Å². The lowest BCUT2D eigenvalue weighted by molar-refractivity contribution is -0.140. The van der Waals surface area contributed by atoms with Gasteiger partial charge in [0.2, 0.25) is 0 Å². The van der Waals surface area contributed by atoms with E-state index in [0.717, 1.165) is 11.6 Å². The van der Waals surface area contributed by atoms with Crippen LogP contribution in [0, 0.1) is 19.7 Å². The van der Waals surface area contributed by atoms with Crippen LogP contribution in [0.1, 0.15) is 57.1 Å². The summed E-state index contributed by atoms with van der Waals surface area (Å²) >= 11 is 0. The number of carbonyl (C=O) groups excluding carboxylic acids is 3. The molecule has 0 unspecified atom stereocenters. The van der Waals surface area contributed by atoms with E-state index in [1.54, 1.807) is 38.4 Å². The number of pyridine rings is 1. The molecule has 0 aliphatic carbocycles. The summed E-state index contributed by atoms with van der Waals surface area (Å²) < 4.78 is 54.0. The van der Waals surface area contributed by atoms with Crippen LogP contribution in [0.15, 0.2) is 42.7 Å². The van der Waals surface area contributed by atoms with Gasteiger partial charge in [0, 0.05) is 30.8 Å². The van der Waals surface area contributed by atoms with E-state index >= 15 is 0 Å². The summed E-state index contributed by atoms with van der Waals surface area (Å²) in [5.74, 6) is -4.06. The minimum absolute atomic E-state index is 0.000708. The average molecular weight is 504 g/mol. The third-order valence-electron chi connectivity index (χ3n) is 5.94. The molecule has 0 radical (unpaired) electrons. The molecule has 190 valence electrons. The Morgan fingerprint density at radius 2 is 1.61 bits per heavy atom. The van der Waals surface area contributed by atoms with Crippen LogP contribution in [0.4, 0.5) is 23.2 Å². The molecule has 0 saturated carbocycles. The van der Waals surface area contributed by atoms with E-state index < -0.39 is 40.7 Å². The van der Waals surface area contributed by atoms with E-state index in [1.165, 1.54) is 25.5 Å². The van der Waals surface area contributed by atoms with Gasteiger partial charge >= 0.3 is 6.18 Å². The number of benzene rings is 1. The van der Waals surface area contributed by atoms with Crippen LogP contribution in [-0.4, -0.2) is 27.1 Å². The quantitative estimate of drug-likeness (QED) is 0.290. The number of hydrogen-bond acceptors (Lipinski definition) is 4. The van der Waals surface area contributed by atoms with Crippen molar-refractivity contribution in [1.82, 2.24) is 14.9 Å². The first-order valence-corrected chi connectivity index (χ1v) is 10.8. The fourth-order valence-corrected chi connectivity index (χ4v) is 3.94. The third-order valence-corrected chi connectivity index (χ3v) is 5.94. The van der Waals surface area contributed by atoms with Gasteiger partial charge in [-0.2, -0.15) is 13.2 Å². The summed E-state index contributed by atoms with van der Waals surface area (Å²) in [5.41, 5.74) is -1.53. The molecule has 2 amide bonds. The summed E-state index contributed by atoms with van der Waals surface area (Å²) in [5, 5.41) is 4.98. The molecule has 0 atom stereocenters. The normalized spacial score (nSPS) is 11.8. The minimum atomic E-state index is -4.95. The Morgan fingerprint density at radius 3 is 2.19 bits per heavy atom. The van der Waals surface area contributed by atoms with E-state index in [0.29, 0.717) is 17.8 Å². The highest BCUT2D eigenvalue weighted by Crippen LogP contribution is 2.33. The van der Waals surface area contributed by atoms with E-state index in [-0.39, 0.29) is 22.5 Å². The average Bonchev–Trinajstić information content (AvgIpc) is 3.02. The van der Waals surface area contributed by atoms with Gasteiger partial charge in [-0.25, -0.2) is 4.39 Å². The van der Waals surface area contributed by atoms with Gasteiger partial charge in [-0.3, -0.25) is 19.4 Å². The number of rotatable bonds is 6. The monoisotopic (exact) mass is 504 g/mol. The fourth-order valence-electron chi connectivity index (χ4n) is 3.94. The van der Waals surface area contributed by atoms with Gasteiger partial charge in [-0.15, -0.1) is 0 Å². The van der Waals surface area contributed by atoms with E-state index in [2.05, 4.69) is 15.6 Å². The highest BCUT2D eigenvalue weighted by atomic mass is 19.4. The molecule has 0 aliphatic heterocycles. The lowest BCUT2D eigenvalue weighted by Gasteiger charge is -2.26. The number of nitrogens with one attached hydrogen (secondary N) is 2. The van der Waals surface area contributed by atoms with Gasteiger partial charge in [0.15, 0.2) is 0 Å². The number of anilines is 1. The first-order chi connectivity index (χ1) is 16.6. The second-order valence-corrected chi connectivity index (χ2v) is 8.78. The summed E-state index contributed by atoms with van der Waals surface area (Å²) in [4.78, 5) is 42.8. The first-order valence-electron chi connectivity index (χ1n) is 10.8. The molecule has 3 aromatic rings. The lowest BCUT2D eigenvalue weighted by Crippen LogP contribution is -2.44. The van der Waals surface area contributed by atoms with Crippen molar-refractivity contribution in [1.29, 1.82) is 0 Å². The maximum atomic E-state index is 13.6. The second-order valence-electron chi connectivity index (χ2n) is 8.78. The largest absolute Gasteiger partial charge is 0.419 e. The Hall–Kier alpha value is -4.02. The Balaban J connectivity index is 1.89. The molecular weight excluding hydrogens is 480 g/mol. The topological polar surface area (TPSA) is 93.1 Å². The van der Waals surface area contributed by atoms with E-state index in [9.17, 15) is 31.9 Å². The van der Waals surface area contributed by atoms with Gasteiger partial charge < -0.3 is 15.2 Å². The van der Waals surface area contributed by atoms with Gasteiger partial charge in [-0.1, -0.05) is 0 Å². The molecule has 7 nitrogen and oxygen atoms in total. The number of alkyl halides is 3. The predicted molar refractivity (Wildman–Crippen MR) is 124 cm³/mol. The summed E-state index contributed by atoms with van der Waals surface area (Å²) in [6.45, 7) is 6.43. The van der Waals surface area contributed by atoms with Gasteiger partial charge in [0.05, 0.1) is 16.7 Å². The summed E-state index contributed by atoms with van der Waals surface area (Å²) in [6.07, 6.45) is -1.83. The number of nitrogens with zero attached hydrogens (tertiary/aromatic N) is 2. The molecule has 2 heterocycles. The maximum absolute atomic E-state index is 13.6. The van der Waals surface area contributed by atoms with E-state index in [1.807, 2.05) is 0 Å². The number of hydrogen-bond donors (Lipinski definition) is 2. The minimum Gasteiger partial charge on any atom is -0.343 e. The maximum Gasteiger partial charge on any atom is 0.419 e. The molecule has 3 rings (SSSR count). The zero-order valence-corrected chi connectivity index (χ0v) is 20.2. The van der Waals surface area contributed by atoms with E-state index in [4.69, 9.17) is 0 Å². The molecule has 0 aliphatic rings. The number of aromatic nitrogens is 2. The Morgan fingerprint density at radius 1 is 1.00 bits per heavy atom. The third kappa shape index (κ3) is 5.14. The number of halogens is 4. The highest BCUT2D eigenvalue weighted by molar-refractivity contribution is 6.43. The van der Waals surface area contributed by atoms with Crippen molar-refractivity contribution in [2.45, 2.75) is 39.4 Å². The van der Waals surface area contributed by atoms with Crippen LogP contribution in [0.5, 0.6) is 0 Å². The van der Waals surface area contributed by atoms with Crippen molar-refractivity contribution in [3.8, 4) is 0 Å². The Kier molecular flexibility index (Phi) is 7.06. The molecule has 0 saturated heterocycles. The zero-order valence-electron chi connectivity index (χ0n) is 20.2. The lowest BCUT2D eigenvalue weighted by atomic mass is 9.94. The molecule has 2 aromatic heterocycles. The fraction of sp³-hybridized carbons (Fsp3) is 0.280. The first kappa shape index (κ1) is 26.6. The van der Waals surface area contributed by atoms with Crippen LogP contribution in [0.3, 0.4) is 0 Å². The van der Waals surface area contributed by atoms with Crippen molar-refractivity contribution in [3.63, 3.8) is 0 Å². The van der Waals surface area contributed by atoms with Crippen molar-refractivity contribution >= 4 is 23.3 Å². The van der Waals surface area contributed by atoms with Gasteiger partial charge in [0.1, 0.15) is 11.5 Å². The number of carbonyl (C=O) groups is 3. The number of ketones is 1. The Bertz CT molecular complexity index is 1350. The SMILES string of the molecule is Cc1c(C(=O)C(=O)NC(C)(C)c2ccncc2)c(C)n(C)c1C(=O)Nc1ccc(F)c(C(F)(F)F)c1. The molecule has 0 fully saturated rings. The summed E-state index contributed by atoms with van der Waals surface area (Å²) in [6, 6.07) is 5.48. The van der Waals surface area contributed by atoms with Gasteiger partial charge in [0.25, 0.3) is 17.6 Å². The standard InChI is InChI=1S/C25H24F4N4O3/c1-13-19(21(34)23(36)32-24(3,4)15-8-10-30-11-9-15)14(2)33(5)20(13)22(35)31-16-6-7-18(26)17(12-16)25(27,28)29/h6-12H,1-5H3,(H,31,35)(H,32,36). The molecule has 0 spiro atoms. The van der Waals surface area contributed by atoms with Crippen molar-refractivity contribution in [2.24, 2.45) is 7.05 Å². The molecular formula is C25H24F4N4O3. The van der Waals surface area contributed by atoms with Crippen LogP contribution in [0.2, 0.25) is 0 Å². The molecule has 0 bridgehead atoms. The summed E-state index contributed by atoms with van der Waals surface area (Å²) in [7, 11) is 1.48. The molecule has 11 heteroatoms. The van der Waals surface area contributed by atoms with Crippen LogP contribution in [0.25, 0.3) is 0 Å². The highest BCUT2D eigenvalue weighted by Gasteiger charge is 2.35. The van der Waals surface area contributed by atoms with Crippen molar-refractivity contribution in [3.05, 3.63) is 82.2 Å².